The number of aliphatic hydroxyl groups is 1. The second-order valence-electron chi connectivity index (χ2n) is 5.69. The van der Waals surface area contributed by atoms with Gasteiger partial charge in [0, 0.05) is 32.7 Å². The molecular weight excluding hydrogens is 212 g/mol. The van der Waals surface area contributed by atoms with E-state index in [0.717, 1.165) is 51.5 Å². The van der Waals surface area contributed by atoms with Crippen LogP contribution in [-0.2, 0) is 0 Å². The first kappa shape index (κ1) is 16.9. The second-order valence-corrected chi connectivity index (χ2v) is 5.69. The predicted octanol–water partition coefficient (Wildman–Crippen LogP) is 2.10. The zero-order valence-corrected chi connectivity index (χ0v) is 12.4. The van der Waals surface area contributed by atoms with Crippen molar-refractivity contribution in [1.29, 1.82) is 0 Å². The Morgan fingerprint density at radius 1 is 1.12 bits per heavy atom. The summed E-state index contributed by atoms with van der Waals surface area (Å²) in [5.74, 6) is 0.833. The predicted molar refractivity (Wildman–Crippen MR) is 75.4 cm³/mol. The van der Waals surface area contributed by atoms with E-state index in [2.05, 4.69) is 44.8 Å². The van der Waals surface area contributed by atoms with Crippen molar-refractivity contribution in [2.24, 2.45) is 5.92 Å². The first-order chi connectivity index (χ1) is 7.93. The van der Waals surface area contributed by atoms with E-state index in [-0.39, 0.29) is 0 Å². The number of piperazine rings is 1. The molecule has 3 nitrogen and oxygen atoms in total. The quantitative estimate of drug-likeness (QED) is 0.795. The topological polar surface area (TPSA) is 35.5 Å². The molecule has 0 unspecified atom stereocenters. The summed E-state index contributed by atoms with van der Waals surface area (Å²) in [5, 5.41) is 13.4. The molecule has 1 fully saturated rings. The Kier molecular flexibility index (Phi) is 8.83. The Balaban J connectivity index is 0.000000557. The summed E-state index contributed by atoms with van der Waals surface area (Å²) in [7, 11) is 0. The van der Waals surface area contributed by atoms with Crippen LogP contribution in [0.25, 0.3) is 0 Å². The van der Waals surface area contributed by atoms with Crippen molar-refractivity contribution in [1.82, 2.24) is 10.2 Å². The standard InChI is InChI=1S/C10H22N2O.C4H10/c1-3-10(13,4-2)9-12-7-5-11-6-8-12;1-4(2)3/h11,13H,3-9H2,1-2H3;4H,1-3H3. The monoisotopic (exact) mass is 244 g/mol. The molecule has 3 heteroatoms. The van der Waals surface area contributed by atoms with Gasteiger partial charge in [-0.15, -0.1) is 0 Å². The molecule has 0 saturated carbocycles. The summed E-state index contributed by atoms with van der Waals surface area (Å²) in [6, 6.07) is 0. The van der Waals surface area contributed by atoms with Crippen LogP contribution < -0.4 is 5.32 Å². The number of nitrogens with zero attached hydrogens (tertiary/aromatic N) is 1. The van der Waals surface area contributed by atoms with E-state index in [1.165, 1.54) is 0 Å². The second kappa shape index (κ2) is 8.90. The van der Waals surface area contributed by atoms with Crippen LogP contribution in [0.5, 0.6) is 0 Å². The van der Waals surface area contributed by atoms with Gasteiger partial charge in [-0.1, -0.05) is 34.6 Å². The van der Waals surface area contributed by atoms with Crippen molar-refractivity contribution in [2.75, 3.05) is 32.7 Å². The van der Waals surface area contributed by atoms with Crippen LogP contribution in [0.4, 0.5) is 0 Å². The molecule has 17 heavy (non-hydrogen) atoms. The van der Waals surface area contributed by atoms with Gasteiger partial charge in [-0.05, 0) is 18.8 Å². The van der Waals surface area contributed by atoms with E-state index in [1.807, 2.05) is 0 Å². The van der Waals surface area contributed by atoms with Crippen LogP contribution >= 0.6 is 0 Å². The van der Waals surface area contributed by atoms with Crippen LogP contribution in [0.1, 0.15) is 47.5 Å². The summed E-state index contributed by atoms with van der Waals surface area (Å²) in [4.78, 5) is 2.35. The van der Waals surface area contributed by atoms with Gasteiger partial charge in [0.05, 0.1) is 5.60 Å². The molecule has 2 N–H and O–H groups in total. The summed E-state index contributed by atoms with van der Waals surface area (Å²) < 4.78 is 0. The highest BCUT2D eigenvalue weighted by molar-refractivity contribution is 4.81. The normalized spacial score (nSPS) is 17.8. The third kappa shape index (κ3) is 8.58. The van der Waals surface area contributed by atoms with Gasteiger partial charge in [0.2, 0.25) is 0 Å². The molecule has 0 bridgehead atoms. The molecule has 1 heterocycles. The molecule has 0 amide bonds. The molecular formula is C14H32N2O. The van der Waals surface area contributed by atoms with Gasteiger partial charge in [-0.3, -0.25) is 4.90 Å². The lowest BCUT2D eigenvalue weighted by molar-refractivity contribution is -0.00596. The summed E-state index contributed by atoms with van der Waals surface area (Å²) in [6.45, 7) is 15.7. The van der Waals surface area contributed by atoms with E-state index in [1.54, 1.807) is 0 Å². The number of nitrogens with one attached hydrogen (secondary N) is 1. The van der Waals surface area contributed by atoms with Crippen LogP contribution in [0.3, 0.4) is 0 Å². The molecule has 1 rings (SSSR count). The molecule has 0 aromatic heterocycles. The molecule has 0 aliphatic carbocycles. The van der Waals surface area contributed by atoms with Crippen molar-refractivity contribution in [3.63, 3.8) is 0 Å². The number of hydrogen-bond acceptors (Lipinski definition) is 3. The molecule has 0 aromatic carbocycles. The lowest BCUT2D eigenvalue weighted by atomic mass is 9.96. The van der Waals surface area contributed by atoms with E-state index < -0.39 is 5.60 Å². The van der Waals surface area contributed by atoms with Gasteiger partial charge in [0.1, 0.15) is 0 Å². The van der Waals surface area contributed by atoms with Crippen molar-refractivity contribution in [2.45, 2.75) is 53.1 Å². The average Bonchev–Trinajstić information content (AvgIpc) is 2.29. The summed E-state index contributed by atoms with van der Waals surface area (Å²) >= 11 is 0. The lowest BCUT2D eigenvalue weighted by Crippen LogP contribution is -2.50. The van der Waals surface area contributed by atoms with Crippen molar-refractivity contribution < 1.29 is 5.11 Å². The Labute approximate surface area is 108 Å². The maximum atomic E-state index is 10.1. The highest BCUT2D eigenvalue weighted by Crippen LogP contribution is 2.16. The zero-order chi connectivity index (χ0) is 13.3. The van der Waals surface area contributed by atoms with Gasteiger partial charge < -0.3 is 10.4 Å². The van der Waals surface area contributed by atoms with Crippen molar-refractivity contribution in [3.05, 3.63) is 0 Å². The van der Waals surface area contributed by atoms with E-state index in [0.29, 0.717) is 0 Å². The van der Waals surface area contributed by atoms with Crippen LogP contribution in [0.2, 0.25) is 0 Å². The van der Waals surface area contributed by atoms with Crippen LogP contribution in [0.15, 0.2) is 0 Å². The third-order valence-electron chi connectivity index (χ3n) is 3.04. The maximum absolute atomic E-state index is 10.1. The fraction of sp³-hybridized carbons (Fsp3) is 1.00. The molecule has 0 aromatic rings. The van der Waals surface area contributed by atoms with Crippen LogP contribution in [0, 0.1) is 5.92 Å². The smallest absolute Gasteiger partial charge is 0.0768 e. The largest absolute Gasteiger partial charge is 0.389 e. The van der Waals surface area contributed by atoms with Crippen LogP contribution in [-0.4, -0.2) is 48.3 Å². The average molecular weight is 244 g/mol. The molecule has 104 valence electrons. The molecule has 0 atom stereocenters. The van der Waals surface area contributed by atoms with Gasteiger partial charge in [-0.2, -0.15) is 0 Å². The number of β-amino-alcohol motifs (C(OH)–C–C–N with tert-alkyl or cyclic N) is 1. The molecule has 1 aliphatic heterocycles. The number of rotatable bonds is 4. The maximum Gasteiger partial charge on any atom is 0.0768 e. The molecule has 0 spiro atoms. The van der Waals surface area contributed by atoms with Gasteiger partial charge in [-0.25, -0.2) is 0 Å². The Morgan fingerprint density at radius 3 is 1.88 bits per heavy atom. The fourth-order valence-electron chi connectivity index (χ4n) is 1.76. The minimum absolute atomic E-state index is 0.461. The number of hydrogen-bond donors (Lipinski definition) is 2. The SMILES string of the molecule is CC(C)C.CCC(O)(CC)CN1CCNCC1. The van der Waals surface area contributed by atoms with E-state index >= 15 is 0 Å². The van der Waals surface area contributed by atoms with Gasteiger partial charge >= 0.3 is 0 Å². The highest BCUT2D eigenvalue weighted by atomic mass is 16.3. The Bertz CT molecular complexity index is 170. The first-order valence-electron chi connectivity index (χ1n) is 7.09. The zero-order valence-electron chi connectivity index (χ0n) is 12.4. The van der Waals surface area contributed by atoms with Crippen molar-refractivity contribution >= 4 is 0 Å². The van der Waals surface area contributed by atoms with Crippen molar-refractivity contribution in [3.8, 4) is 0 Å². The summed E-state index contributed by atoms with van der Waals surface area (Å²) in [6.07, 6.45) is 1.71. The minimum atomic E-state index is -0.461. The Hall–Kier alpha value is -0.120. The fourth-order valence-corrected chi connectivity index (χ4v) is 1.76. The highest BCUT2D eigenvalue weighted by Gasteiger charge is 2.25. The van der Waals surface area contributed by atoms with E-state index in [4.69, 9.17) is 0 Å². The lowest BCUT2D eigenvalue weighted by Gasteiger charge is -2.35. The van der Waals surface area contributed by atoms with Gasteiger partial charge in [0.25, 0.3) is 0 Å². The molecule has 1 saturated heterocycles. The minimum Gasteiger partial charge on any atom is -0.389 e. The molecule has 1 aliphatic rings. The first-order valence-corrected chi connectivity index (χ1v) is 7.09. The third-order valence-corrected chi connectivity index (χ3v) is 3.04. The molecule has 0 radical (unpaired) electrons. The summed E-state index contributed by atoms with van der Waals surface area (Å²) in [5.41, 5.74) is -0.461. The Morgan fingerprint density at radius 2 is 1.53 bits per heavy atom. The van der Waals surface area contributed by atoms with Gasteiger partial charge in [0.15, 0.2) is 0 Å². The van der Waals surface area contributed by atoms with E-state index in [9.17, 15) is 5.11 Å².